The van der Waals surface area contributed by atoms with Gasteiger partial charge in [0.1, 0.15) is 11.5 Å². The summed E-state index contributed by atoms with van der Waals surface area (Å²) in [7, 11) is 1.88. The second kappa shape index (κ2) is 11.9. The van der Waals surface area contributed by atoms with Gasteiger partial charge in [-0.2, -0.15) is 0 Å². The Kier molecular flexibility index (Phi) is 11.2. The summed E-state index contributed by atoms with van der Waals surface area (Å²) in [6, 6.07) is 8.45. The number of ether oxygens (including phenoxy) is 1. The number of benzene rings is 1. The molecule has 0 aliphatic heterocycles. The summed E-state index contributed by atoms with van der Waals surface area (Å²) >= 11 is 6.18. The van der Waals surface area contributed by atoms with Gasteiger partial charge in [-0.1, -0.05) is 11.6 Å². The third-order valence-electron chi connectivity index (χ3n) is 2.96. The standard InChI is InChI=1S/C16H18ClN3O2.2ClH/c1-18-7-2-8-20-16(21)12-3-4-15(14(17)11-12)22-13-5-9-19-10-6-13;;/h3-6,9-11,18H,2,7-8H2,1H3,(H,20,21);2*1H. The van der Waals surface area contributed by atoms with E-state index in [2.05, 4.69) is 15.6 Å². The van der Waals surface area contributed by atoms with E-state index in [-0.39, 0.29) is 30.7 Å². The minimum atomic E-state index is -0.145. The number of nitrogens with one attached hydrogen (secondary N) is 2. The molecule has 2 aromatic rings. The van der Waals surface area contributed by atoms with Crippen LogP contribution in [-0.4, -0.2) is 31.0 Å². The summed E-state index contributed by atoms with van der Waals surface area (Å²) in [6.07, 6.45) is 4.14. The molecule has 5 nitrogen and oxygen atoms in total. The zero-order valence-electron chi connectivity index (χ0n) is 13.1. The average Bonchev–Trinajstić information content (AvgIpc) is 2.54. The molecule has 0 bridgehead atoms. The minimum Gasteiger partial charge on any atom is -0.456 e. The van der Waals surface area contributed by atoms with Crippen molar-refractivity contribution in [3.8, 4) is 11.5 Å². The van der Waals surface area contributed by atoms with E-state index in [1.165, 1.54) is 0 Å². The molecule has 0 aliphatic rings. The van der Waals surface area contributed by atoms with Gasteiger partial charge in [-0.25, -0.2) is 0 Å². The van der Waals surface area contributed by atoms with E-state index in [4.69, 9.17) is 16.3 Å². The Labute approximate surface area is 159 Å². The summed E-state index contributed by atoms with van der Waals surface area (Å²) < 4.78 is 5.65. The summed E-state index contributed by atoms with van der Waals surface area (Å²) in [5.74, 6) is 0.995. The molecule has 24 heavy (non-hydrogen) atoms. The lowest BCUT2D eigenvalue weighted by Gasteiger charge is -2.09. The molecule has 1 heterocycles. The van der Waals surface area contributed by atoms with Gasteiger partial charge in [0, 0.05) is 24.5 Å². The first-order valence-electron chi connectivity index (χ1n) is 7.01. The molecule has 0 radical (unpaired) electrons. The van der Waals surface area contributed by atoms with Crippen molar-refractivity contribution in [1.82, 2.24) is 15.6 Å². The molecule has 2 N–H and O–H groups in total. The highest BCUT2D eigenvalue weighted by Crippen LogP contribution is 2.29. The van der Waals surface area contributed by atoms with Crippen LogP contribution in [0.3, 0.4) is 0 Å². The SMILES string of the molecule is CNCCCNC(=O)c1ccc(Oc2ccncc2)c(Cl)c1.Cl.Cl. The van der Waals surface area contributed by atoms with Gasteiger partial charge in [0.25, 0.3) is 5.91 Å². The first-order chi connectivity index (χ1) is 10.7. The predicted octanol–water partition coefficient (Wildman–Crippen LogP) is 3.71. The number of aromatic nitrogens is 1. The number of hydrogen-bond acceptors (Lipinski definition) is 4. The maximum absolute atomic E-state index is 12.0. The Morgan fingerprint density at radius 3 is 2.50 bits per heavy atom. The quantitative estimate of drug-likeness (QED) is 0.705. The highest BCUT2D eigenvalue weighted by Gasteiger charge is 2.09. The van der Waals surface area contributed by atoms with Crippen LogP contribution in [0.25, 0.3) is 0 Å². The number of carbonyl (C=O) groups excluding carboxylic acids is 1. The van der Waals surface area contributed by atoms with E-state index in [9.17, 15) is 4.79 Å². The predicted molar refractivity (Wildman–Crippen MR) is 101 cm³/mol. The van der Waals surface area contributed by atoms with Gasteiger partial charge < -0.3 is 15.4 Å². The lowest BCUT2D eigenvalue weighted by atomic mass is 10.2. The summed E-state index contributed by atoms with van der Waals surface area (Å²) in [5, 5.41) is 6.26. The van der Waals surface area contributed by atoms with Crippen molar-refractivity contribution in [3.05, 3.63) is 53.3 Å². The lowest BCUT2D eigenvalue weighted by molar-refractivity contribution is 0.0953. The summed E-state index contributed by atoms with van der Waals surface area (Å²) in [5.41, 5.74) is 0.511. The van der Waals surface area contributed by atoms with Crippen LogP contribution >= 0.6 is 36.4 Å². The Morgan fingerprint density at radius 1 is 1.17 bits per heavy atom. The summed E-state index contributed by atoms with van der Waals surface area (Å²) in [4.78, 5) is 15.9. The third kappa shape index (κ3) is 6.93. The van der Waals surface area contributed by atoms with Crippen molar-refractivity contribution < 1.29 is 9.53 Å². The fourth-order valence-corrected chi connectivity index (χ4v) is 2.05. The maximum Gasteiger partial charge on any atom is 0.251 e. The van der Waals surface area contributed by atoms with E-state index in [0.29, 0.717) is 28.6 Å². The highest BCUT2D eigenvalue weighted by atomic mass is 35.5. The van der Waals surface area contributed by atoms with Gasteiger partial charge in [0.15, 0.2) is 0 Å². The molecule has 2 rings (SSSR count). The first kappa shape index (κ1) is 22.5. The number of halogens is 3. The fraction of sp³-hybridized carbons (Fsp3) is 0.250. The van der Waals surface area contributed by atoms with E-state index in [0.717, 1.165) is 13.0 Å². The molecule has 0 spiro atoms. The van der Waals surface area contributed by atoms with Crippen LogP contribution in [0.5, 0.6) is 11.5 Å². The average molecular weight is 393 g/mol. The molecule has 1 aromatic heterocycles. The number of hydrogen-bond donors (Lipinski definition) is 2. The molecule has 0 unspecified atom stereocenters. The number of pyridine rings is 1. The van der Waals surface area contributed by atoms with Crippen molar-refractivity contribution in [2.45, 2.75) is 6.42 Å². The topological polar surface area (TPSA) is 63.2 Å². The van der Waals surface area contributed by atoms with Crippen molar-refractivity contribution in [1.29, 1.82) is 0 Å². The number of amides is 1. The Balaban J connectivity index is 0.00000264. The molecular formula is C16H20Cl3N3O2. The van der Waals surface area contributed by atoms with Gasteiger partial charge in [-0.3, -0.25) is 9.78 Å². The fourth-order valence-electron chi connectivity index (χ4n) is 1.83. The van der Waals surface area contributed by atoms with Crippen LogP contribution in [0.15, 0.2) is 42.7 Å². The number of nitrogens with zero attached hydrogens (tertiary/aromatic N) is 1. The van der Waals surface area contributed by atoms with Crippen molar-refractivity contribution in [2.24, 2.45) is 0 Å². The maximum atomic E-state index is 12.0. The van der Waals surface area contributed by atoms with E-state index >= 15 is 0 Å². The largest absolute Gasteiger partial charge is 0.456 e. The van der Waals surface area contributed by atoms with Crippen LogP contribution < -0.4 is 15.4 Å². The molecule has 1 amide bonds. The van der Waals surface area contributed by atoms with Gasteiger partial charge >= 0.3 is 0 Å². The lowest BCUT2D eigenvalue weighted by Crippen LogP contribution is -2.26. The van der Waals surface area contributed by atoms with E-state index < -0.39 is 0 Å². The molecule has 0 saturated carbocycles. The summed E-state index contributed by atoms with van der Waals surface area (Å²) in [6.45, 7) is 1.48. The van der Waals surface area contributed by atoms with Crippen LogP contribution in [0.2, 0.25) is 5.02 Å². The Hall–Kier alpha value is -1.53. The van der Waals surface area contributed by atoms with Crippen LogP contribution in [0.1, 0.15) is 16.8 Å². The highest BCUT2D eigenvalue weighted by molar-refractivity contribution is 6.32. The Bertz CT molecular complexity index is 627. The molecule has 0 saturated heterocycles. The molecule has 8 heteroatoms. The van der Waals surface area contributed by atoms with E-state index in [1.54, 1.807) is 42.7 Å². The number of rotatable bonds is 7. The second-order valence-corrected chi connectivity index (χ2v) is 5.05. The van der Waals surface area contributed by atoms with Gasteiger partial charge in [-0.05, 0) is 50.3 Å². The van der Waals surface area contributed by atoms with Crippen LogP contribution in [-0.2, 0) is 0 Å². The molecule has 0 aliphatic carbocycles. The van der Waals surface area contributed by atoms with Gasteiger partial charge in [0.05, 0.1) is 5.02 Å². The zero-order valence-corrected chi connectivity index (χ0v) is 15.5. The minimum absolute atomic E-state index is 0. The third-order valence-corrected chi connectivity index (χ3v) is 3.26. The molecule has 0 atom stereocenters. The number of carbonyl (C=O) groups is 1. The molecular weight excluding hydrogens is 373 g/mol. The monoisotopic (exact) mass is 391 g/mol. The normalized spacial score (nSPS) is 9.42. The second-order valence-electron chi connectivity index (χ2n) is 4.64. The zero-order chi connectivity index (χ0) is 15.8. The van der Waals surface area contributed by atoms with Crippen molar-refractivity contribution in [2.75, 3.05) is 20.1 Å². The molecule has 132 valence electrons. The van der Waals surface area contributed by atoms with E-state index in [1.807, 2.05) is 7.05 Å². The molecule has 0 fully saturated rings. The van der Waals surface area contributed by atoms with Crippen LogP contribution in [0, 0.1) is 0 Å². The first-order valence-corrected chi connectivity index (χ1v) is 7.38. The van der Waals surface area contributed by atoms with Gasteiger partial charge in [-0.15, -0.1) is 24.8 Å². The van der Waals surface area contributed by atoms with Crippen molar-refractivity contribution in [3.63, 3.8) is 0 Å². The molecule has 1 aromatic carbocycles. The Morgan fingerprint density at radius 2 is 1.88 bits per heavy atom. The van der Waals surface area contributed by atoms with Crippen molar-refractivity contribution >= 4 is 42.3 Å². The smallest absolute Gasteiger partial charge is 0.251 e. The van der Waals surface area contributed by atoms with Gasteiger partial charge in [0.2, 0.25) is 0 Å². The van der Waals surface area contributed by atoms with Crippen LogP contribution in [0.4, 0.5) is 0 Å².